The second-order valence-corrected chi connectivity index (χ2v) is 7.30. The summed E-state index contributed by atoms with van der Waals surface area (Å²) in [6.45, 7) is 8.13. The number of benzene rings is 1. The molecule has 1 amide bonds. The molecule has 1 aromatic carbocycles. The molecule has 1 aromatic rings. The van der Waals surface area contributed by atoms with Crippen LogP contribution in [0.25, 0.3) is 0 Å². The number of primary sulfonamides is 1. The van der Waals surface area contributed by atoms with E-state index < -0.39 is 10.0 Å². The molecule has 0 unspecified atom stereocenters. The summed E-state index contributed by atoms with van der Waals surface area (Å²) < 4.78 is 22.8. The highest BCUT2D eigenvalue weighted by molar-refractivity contribution is 7.89. The predicted molar refractivity (Wildman–Crippen MR) is 74.3 cm³/mol. The van der Waals surface area contributed by atoms with E-state index >= 15 is 0 Å². The molecule has 0 heterocycles. The van der Waals surface area contributed by atoms with Gasteiger partial charge >= 0.3 is 0 Å². The topological polar surface area (TPSA) is 89.3 Å². The Bertz CT molecular complexity index is 586. The Kier molecular flexibility index (Phi) is 4.37. The van der Waals surface area contributed by atoms with Gasteiger partial charge in [-0.15, -0.1) is 0 Å². The second-order valence-electron chi connectivity index (χ2n) is 5.77. The fourth-order valence-corrected chi connectivity index (χ4v) is 2.30. The summed E-state index contributed by atoms with van der Waals surface area (Å²) in [6.07, 6.45) is 0. The molecule has 0 bridgehead atoms. The van der Waals surface area contributed by atoms with Gasteiger partial charge in [0.15, 0.2) is 0 Å². The number of hydrogen-bond donors (Lipinski definition) is 2. The van der Waals surface area contributed by atoms with Crippen molar-refractivity contribution in [1.82, 2.24) is 5.32 Å². The number of amides is 1. The number of carbonyl (C=O) groups excluding carboxylic acids is 1. The molecule has 19 heavy (non-hydrogen) atoms. The molecule has 106 valence electrons. The molecule has 5 nitrogen and oxygen atoms in total. The van der Waals surface area contributed by atoms with Crippen LogP contribution in [0.1, 0.15) is 36.7 Å². The van der Waals surface area contributed by atoms with Gasteiger partial charge < -0.3 is 5.32 Å². The van der Waals surface area contributed by atoms with Crippen LogP contribution in [-0.4, -0.2) is 20.9 Å². The minimum Gasteiger partial charge on any atom is -0.352 e. The molecule has 0 atom stereocenters. The lowest BCUT2D eigenvalue weighted by Crippen LogP contribution is -2.32. The van der Waals surface area contributed by atoms with Crippen LogP contribution in [0, 0.1) is 12.3 Å². The summed E-state index contributed by atoms with van der Waals surface area (Å²) >= 11 is 0. The summed E-state index contributed by atoms with van der Waals surface area (Å²) in [5.41, 5.74) is 0.775. The lowest BCUT2D eigenvalue weighted by molar-refractivity contribution is 0.0939. The quantitative estimate of drug-likeness (QED) is 0.879. The van der Waals surface area contributed by atoms with Crippen molar-refractivity contribution in [2.24, 2.45) is 10.6 Å². The van der Waals surface area contributed by atoms with Crippen LogP contribution in [0.2, 0.25) is 0 Å². The highest BCUT2D eigenvalue weighted by Gasteiger charge is 2.17. The lowest BCUT2D eigenvalue weighted by atomic mass is 9.97. The number of carbonyl (C=O) groups is 1. The maximum atomic E-state index is 11.9. The van der Waals surface area contributed by atoms with Gasteiger partial charge in [0.2, 0.25) is 10.0 Å². The van der Waals surface area contributed by atoms with Crippen LogP contribution >= 0.6 is 0 Å². The molecular weight excluding hydrogens is 264 g/mol. The van der Waals surface area contributed by atoms with E-state index in [-0.39, 0.29) is 16.2 Å². The first kappa shape index (κ1) is 15.7. The molecule has 0 fully saturated rings. The Morgan fingerprint density at radius 3 is 2.37 bits per heavy atom. The van der Waals surface area contributed by atoms with Crippen molar-refractivity contribution in [3.8, 4) is 0 Å². The highest BCUT2D eigenvalue weighted by Crippen LogP contribution is 2.16. The van der Waals surface area contributed by atoms with Gasteiger partial charge in [0.25, 0.3) is 5.91 Å². The molecule has 0 aliphatic rings. The van der Waals surface area contributed by atoms with Gasteiger partial charge in [0.1, 0.15) is 0 Å². The average Bonchev–Trinajstić information content (AvgIpc) is 2.24. The van der Waals surface area contributed by atoms with E-state index in [1.165, 1.54) is 6.07 Å². The molecule has 0 aliphatic carbocycles. The van der Waals surface area contributed by atoms with Gasteiger partial charge in [-0.05, 0) is 30.0 Å². The molecular formula is C13H20N2O3S. The summed E-state index contributed by atoms with van der Waals surface area (Å²) in [5.74, 6) is -0.306. The van der Waals surface area contributed by atoms with Crippen LogP contribution in [0.5, 0.6) is 0 Å². The Labute approximate surface area is 114 Å². The van der Waals surface area contributed by atoms with Gasteiger partial charge in [0, 0.05) is 12.1 Å². The smallest absolute Gasteiger partial charge is 0.251 e. The molecule has 0 radical (unpaired) electrons. The summed E-state index contributed by atoms with van der Waals surface area (Å²) in [5, 5.41) is 7.87. The van der Waals surface area contributed by atoms with E-state index in [9.17, 15) is 13.2 Å². The van der Waals surface area contributed by atoms with Crippen molar-refractivity contribution >= 4 is 15.9 Å². The maximum absolute atomic E-state index is 11.9. The predicted octanol–water partition coefficient (Wildman–Crippen LogP) is 1.42. The van der Waals surface area contributed by atoms with E-state index in [0.29, 0.717) is 17.7 Å². The zero-order valence-corrected chi connectivity index (χ0v) is 12.5. The molecule has 0 saturated carbocycles. The number of sulfonamides is 1. The number of nitrogens with one attached hydrogen (secondary N) is 1. The fourth-order valence-electron chi connectivity index (χ4n) is 1.50. The lowest BCUT2D eigenvalue weighted by Gasteiger charge is -2.18. The van der Waals surface area contributed by atoms with Gasteiger partial charge in [-0.2, -0.15) is 0 Å². The van der Waals surface area contributed by atoms with E-state index in [0.717, 1.165) is 0 Å². The van der Waals surface area contributed by atoms with Gasteiger partial charge in [-0.25, -0.2) is 13.6 Å². The van der Waals surface area contributed by atoms with E-state index in [1.807, 2.05) is 20.8 Å². The Balaban J connectivity index is 3.00. The first-order valence-corrected chi connectivity index (χ1v) is 7.47. The first-order chi connectivity index (χ1) is 8.50. The highest BCUT2D eigenvalue weighted by atomic mass is 32.2. The molecule has 3 N–H and O–H groups in total. The van der Waals surface area contributed by atoms with Crippen molar-refractivity contribution in [2.45, 2.75) is 32.6 Å². The minimum atomic E-state index is -3.81. The Morgan fingerprint density at radius 1 is 1.32 bits per heavy atom. The maximum Gasteiger partial charge on any atom is 0.251 e. The third kappa shape index (κ3) is 4.65. The largest absolute Gasteiger partial charge is 0.352 e. The zero-order chi connectivity index (χ0) is 14.8. The molecule has 1 rings (SSSR count). The standard InChI is InChI=1S/C13H20N2O3S/c1-9-5-6-10(7-11(9)19(14,17)18)12(16)15-8-13(2,3)4/h5-7H,8H2,1-4H3,(H,15,16)(H2,14,17,18). The van der Waals surface area contributed by atoms with E-state index in [2.05, 4.69) is 5.32 Å². The van der Waals surface area contributed by atoms with Gasteiger partial charge in [0.05, 0.1) is 4.90 Å². The van der Waals surface area contributed by atoms with Gasteiger partial charge in [-0.3, -0.25) is 4.79 Å². The monoisotopic (exact) mass is 284 g/mol. The minimum absolute atomic E-state index is 0.0177. The van der Waals surface area contributed by atoms with Crippen LogP contribution in [0.15, 0.2) is 23.1 Å². The van der Waals surface area contributed by atoms with Crippen LogP contribution in [0.4, 0.5) is 0 Å². The van der Waals surface area contributed by atoms with Crippen LogP contribution in [0.3, 0.4) is 0 Å². The number of nitrogens with two attached hydrogens (primary N) is 1. The second kappa shape index (κ2) is 5.30. The van der Waals surface area contributed by atoms with Gasteiger partial charge in [-0.1, -0.05) is 26.8 Å². The molecule has 0 aliphatic heterocycles. The Morgan fingerprint density at radius 2 is 1.89 bits per heavy atom. The Hall–Kier alpha value is -1.40. The molecule has 6 heteroatoms. The SMILES string of the molecule is Cc1ccc(C(=O)NCC(C)(C)C)cc1S(N)(=O)=O. The van der Waals surface area contributed by atoms with Crippen LogP contribution < -0.4 is 10.5 Å². The summed E-state index contributed by atoms with van der Waals surface area (Å²) in [4.78, 5) is 11.9. The van der Waals surface area contributed by atoms with Crippen LogP contribution in [-0.2, 0) is 10.0 Å². The number of aryl methyl sites for hydroxylation is 1. The number of hydrogen-bond acceptors (Lipinski definition) is 3. The molecule has 0 aromatic heterocycles. The third-order valence-electron chi connectivity index (χ3n) is 2.54. The van der Waals surface area contributed by atoms with Crippen molar-refractivity contribution in [2.75, 3.05) is 6.54 Å². The zero-order valence-electron chi connectivity index (χ0n) is 11.6. The first-order valence-electron chi connectivity index (χ1n) is 5.92. The normalized spacial score (nSPS) is 12.3. The summed E-state index contributed by atoms with van der Waals surface area (Å²) in [7, 11) is -3.81. The van der Waals surface area contributed by atoms with Crippen molar-refractivity contribution in [3.05, 3.63) is 29.3 Å². The van der Waals surface area contributed by atoms with Crippen molar-refractivity contribution < 1.29 is 13.2 Å². The fraction of sp³-hybridized carbons (Fsp3) is 0.462. The molecule has 0 saturated heterocycles. The molecule has 0 spiro atoms. The summed E-state index contributed by atoms with van der Waals surface area (Å²) in [6, 6.07) is 4.47. The van der Waals surface area contributed by atoms with Crippen molar-refractivity contribution in [3.63, 3.8) is 0 Å². The third-order valence-corrected chi connectivity index (χ3v) is 3.59. The van der Waals surface area contributed by atoms with E-state index in [4.69, 9.17) is 5.14 Å². The number of rotatable bonds is 3. The van der Waals surface area contributed by atoms with Crippen molar-refractivity contribution in [1.29, 1.82) is 0 Å². The average molecular weight is 284 g/mol. The van der Waals surface area contributed by atoms with E-state index in [1.54, 1.807) is 19.1 Å².